The number of thiophene rings is 1. The zero-order valence-corrected chi connectivity index (χ0v) is 25.7. The molecule has 0 bridgehead atoms. The van der Waals surface area contributed by atoms with Crippen molar-refractivity contribution in [3.8, 4) is 29.0 Å². The molecule has 4 aromatic heterocycles. The van der Waals surface area contributed by atoms with Crippen molar-refractivity contribution in [1.29, 1.82) is 5.26 Å². The van der Waals surface area contributed by atoms with Gasteiger partial charge in [0.15, 0.2) is 11.6 Å². The molecule has 10 aromatic rings. The van der Waals surface area contributed by atoms with Gasteiger partial charge in [-0.1, -0.05) is 84.9 Å². The van der Waals surface area contributed by atoms with Crippen molar-refractivity contribution >= 4 is 75.3 Å². The Morgan fingerprint density at radius 2 is 1.11 bits per heavy atom. The number of hydrogen-bond acceptors (Lipinski definition) is 4. The molecule has 0 aliphatic rings. The van der Waals surface area contributed by atoms with Crippen LogP contribution < -0.4 is 0 Å². The molecule has 6 heteroatoms. The summed E-state index contributed by atoms with van der Waals surface area (Å²) in [5.41, 5.74) is 7.86. The van der Waals surface area contributed by atoms with E-state index >= 15 is 0 Å². The first-order valence-electron chi connectivity index (χ1n) is 15.5. The van der Waals surface area contributed by atoms with Gasteiger partial charge >= 0.3 is 0 Å². The zero-order valence-electron chi connectivity index (χ0n) is 24.9. The van der Waals surface area contributed by atoms with Crippen LogP contribution in [-0.2, 0) is 0 Å². The summed E-state index contributed by atoms with van der Waals surface area (Å²) in [5.74, 6) is 1.49. The monoisotopic (exact) mass is 617 g/mol. The van der Waals surface area contributed by atoms with E-state index in [-0.39, 0.29) is 0 Å². The van der Waals surface area contributed by atoms with Gasteiger partial charge in [0.05, 0.1) is 49.6 Å². The highest BCUT2D eigenvalue weighted by Crippen LogP contribution is 2.42. The molecule has 0 saturated carbocycles. The minimum atomic E-state index is 0.635. The predicted molar refractivity (Wildman–Crippen MR) is 194 cm³/mol. The highest BCUT2D eigenvalue weighted by atomic mass is 32.1. The molecule has 47 heavy (non-hydrogen) atoms. The molecule has 4 heterocycles. The van der Waals surface area contributed by atoms with Gasteiger partial charge in [0.2, 0.25) is 0 Å². The van der Waals surface area contributed by atoms with Crippen LogP contribution in [0, 0.1) is 11.3 Å². The largest absolute Gasteiger partial charge is 0.309 e. The topological polar surface area (TPSA) is 59.4 Å². The summed E-state index contributed by atoms with van der Waals surface area (Å²) in [7, 11) is 0. The molecule has 0 spiro atoms. The minimum absolute atomic E-state index is 0.635. The average Bonchev–Trinajstić information content (AvgIpc) is 3.79. The third kappa shape index (κ3) is 3.69. The van der Waals surface area contributed by atoms with Crippen molar-refractivity contribution in [2.24, 2.45) is 0 Å². The highest BCUT2D eigenvalue weighted by Gasteiger charge is 2.23. The quantitative estimate of drug-likeness (QED) is 0.198. The fourth-order valence-electron chi connectivity index (χ4n) is 7.16. The number of nitriles is 1. The molecule has 0 aliphatic heterocycles. The number of benzene rings is 6. The molecule has 5 nitrogen and oxygen atoms in total. The van der Waals surface area contributed by atoms with Gasteiger partial charge in [-0.2, -0.15) is 5.26 Å². The van der Waals surface area contributed by atoms with Crippen LogP contribution in [-0.4, -0.2) is 19.1 Å². The van der Waals surface area contributed by atoms with E-state index in [2.05, 4.69) is 130 Å². The summed E-state index contributed by atoms with van der Waals surface area (Å²) in [6, 6.07) is 50.6. The fraction of sp³-hybridized carbons (Fsp3) is 0. The van der Waals surface area contributed by atoms with Gasteiger partial charge in [-0.25, -0.2) is 9.97 Å². The highest BCUT2D eigenvalue weighted by molar-refractivity contribution is 7.26. The number of para-hydroxylation sites is 4. The van der Waals surface area contributed by atoms with E-state index in [1.807, 2.05) is 24.3 Å². The van der Waals surface area contributed by atoms with Crippen LogP contribution >= 0.6 is 11.3 Å². The van der Waals surface area contributed by atoms with Crippen molar-refractivity contribution in [3.05, 3.63) is 145 Å². The lowest BCUT2D eigenvalue weighted by Gasteiger charge is -2.15. The van der Waals surface area contributed by atoms with Gasteiger partial charge in [0.25, 0.3) is 0 Å². The van der Waals surface area contributed by atoms with Crippen molar-refractivity contribution in [2.45, 2.75) is 0 Å². The predicted octanol–water partition coefficient (Wildman–Crippen LogP) is 10.6. The summed E-state index contributed by atoms with van der Waals surface area (Å²) in [4.78, 5) is 10.8. The summed E-state index contributed by atoms with van der Waals surface area (Å²) >= 11 is 1.72. The second-order valence-corrected chi connectivity index (χ2v) is 12.8. The van der Waals surface area contributed by atoms with Crippen LogP contribution in [0.15, 0.2) is 140 Å². The molecule has 0 amide bonds. The number of nitrogens with zero attached hydrogens (tertiary/aromatic N) is 5. The van der Waals surface area contributed by atoms with Gasteiger partial charge in [-0.3, -0.25) is 4.57 Å². The Hall–Kier alpha value is -6.29. The first kappa shape index (κ1) is 26.0. The Bertz CT molecular complexity index is 2880. The Kier molecular flexibility index (Phi) is 5.45. The Morgan fingerprint density at radius 1 is 0.532 bits per heavy atom. The van der Waals surface area contributed by atoms with Crippen molar-refractivity contribution in [2.75, 3.05) is 0 Å². The maximum absolute atomic E-state index is 9.74. The van der Waals surface area contributed by atoms with Gasteiger partial charge in [-0.05, 0) is 54.6 Å². The number of hydrogen-bond donors (Lipinski definition) is 0. The molecule has 10 rings (SSSR count). The molecule has 0 atom stereocenters. The van der Waals surface area contributed by atoms with E-state index in [0.29, 0.717) is 11.4 Å². The second kappa shape index (κ2) is 9.85. The lowest BCUT2D eigenvalue weighted by atomic mass is 10.1. The fourth-order valence-corrected chi connectivity index (χ4v) is 8.28. The van der Waals surface area contributed by atoms with E-state index in [9.17, 15) is 5.26 Å². The van der Waals surface area contributed by atoms with E-state index in [1.165, 1.54) is 15.5 Å². The molecule has 0 aliphatic carbocycles. The minimum Gasteiger partial charge on any atom is -0.309 e. The van der Waals surface area contributed by atoms with Crippen molar-refractivity contribution < 1.29 is 0 Å². The molecular formula is C41H23N5S. The molecule has 0 fully saturated rings. The van der Waals surface area contributed by atoms with Gasteiger partial charge in [0.1, 0.15) is 0 Å². The molecule has 0 N–H and O–H groups in total. The SMILES string of the molecule is N#Cc1ccc2c(c1)c1ccccc1n2-c1nc(-c2ccccc2-n2c3ccccc3c3ccccc32)nc2c1sc1ccccc12. The van der Waals surface area contributed by atoms with Gasteiger partial charge in [0, 0.05) is 37.2 Å². The first-order valence-corrected chi connectivity index (χ1v) is 16.3. The molecule has 6 aromatic carbocycles. The second-order valence-electron chi connectivity index (χ2n) is 11.7. The number of aromatic nitrogens is 4. The molecule has 0 unspecified atom stereocenters. The third-order valence-corrected chi connectivity index (χ3v) is 10.3. The van der Waals surface area contributed by atoms with Crippen LogP contribution in [0.4, 0.5) is 0 Å². The van der Waals surface area contributed by atoms with E-state index in [1.54, 1.807) is 11.3 Å². The van der Waals surface area contributed by atoms with E-state index in [4.69, 9.17) is 9.97 Å². The maximum atomic E-state index is 9.74. The van der Waals surface area contributed by atoms with E-state index in [0.717, 1.165) is 65.5 Å². The lowest BCUT2D eigenvalue weighted by Crippen LogP contribution is -2.04. The first-order chi connectivity index (χ1) is 23.3. The molecule has 0 radical (unpaired) electrons. The standard InChI is InChI=1S/C41H23N5S/c42-24-25-21-22-36-31(23-25)28-13-3-8-18-34(28)46(36)41-39-38(30-15-5-10-20-37(30)47-39)43-40(44-41)29-14-4-9-19-35(29)45-32-16-6-1-11-26(32)27-12-2-7-17-33(27)45/h1-23H. The normalized spacial score (nSPS) is 11.8. The van der Waals surface area contributed by atoms with Crippen LogP contribution in [0.5, 0.6) is 0 Å². The molecule has 218 valence electrons. The van der Waals surface area contributed by atoms with Gasteiger partial charge in [-0.15, -0.1) is 11.3 Å². The van der Waals surface area contributed by atoms with Crippen molar-refractivity contribution in [1.82, 2.24) is 19.1 Å². The number of rotatable bonds is 3. The summed E-state index contributed by atoms with van der Waals surface area (Å²) in [5, 5.41) is 15.4. The van der Waals surface area contributed by atoms with Gasteiger partial charge < -0.3 is 4.57 Å². The summed E-state index contributed by atoms with van der Waals surface area (Å²) in [6.45, 7) is 0. The Labute approximate surface area is 272 Å². The summed E-state index contributed by atoms with van der Waals surface area (Å²) in [6.07, 6.45) is 0. The lowest BCUT2D eigenvalue weighted by molar-refractivity contribution is 1.07. The Morgan fingerprint density at radius 3 is 1.83 bits per heavy atom. The smallest absolute Gasteiger partial charge is 0.164 e. The zero-order chi connectivity index (χ0) is 31.1. The van der Waals surface area contributed by atoms with E-state index < -0.39 is 0 Å². The number of fused-ring (bicyclic) bond motifs is 9. The molecular weight excluding hydrogens is 595 g/mol. The molecule has 0 saturated heterocycles. The third-order valence-electron chi connectivity index (χ3n) is 9.18. The average molecular weight is 618 g/mol. The maximum Gasteiger partial charge on any atom is 0.164 e. The van der Waals surface area contributed by atoms with Crippen LogP contribution in [0.3, 0.4) is 0 Å². The van der Waals surface area contributed by atoms with Crippen LogP contribution in [0.2, 0.25) is 0 Å². The summed E-state index contributed by atoms with van der Waals surface area (Å²) < 4.78 is 6.77. The van der Waals surface area contributed by atoms with Crippen LogP contribution in [0.25, 0.3) is 86.8 Å². The Balaban J connectivity index is 1.34. The van der Waals surface area contributed by atoms with Crippen LogP contribution in [0.1, 0.15) is 5.56 Å². The van der Waals surface area contributed by atoms with Crippen molar-refractivity contribution in [3.63, 3.8) is 0 Å².